The van der Waals surface area contributed by atoms with E-state index in [2.05, 4.69) is 17.0 Å². The van der Waals surface area contributed by atoms with E-state index in [0.29, 0.717) is 16.1 Å². The van der Waals surface area contributed by atoms with E-state index in [1.54, 1.807) is 29.1 Å². The van der Waals surface area contributed by atoms with Crippen molar-refractivity contribution in [2.75, 3.05) is 5.73 Å². The Bertz CT molecular complexity index is 1590. The number of anilines is 1. The van der Waals surface area contributed by atoms with Crippen molar-refractivity contribution in [2.45, 2.75) is 20.3 Å². The molecule has 0 aliphatic heterocycles. The molecule has 8 nitrogen and oxygen atoms in total. The molecular weight excluding hydrogens is 452 g/mol. The fourth-order valence-electron chi connectivity index (χ4n) is 3.82. The molecule has 34 heavy (non-hydrogen) atoms. The first-order valence-corrected chi connectivity index (χ1v) is 11.0. The first-order chi connectivity index (χ1) is 16.3. The van der Waals surface area contributed by atoms with Gasteiger partial charge in [0.25, 0.3) is 11.5 Å². The van der Waals surface area contributed by atoms with E-state index >= 15 is 0 Å². The largest absolute Gasteiger partial charge is 0.381 e. The maximum absolute atomic E-state index is 12.9. The molecule has 0 spiro atoms. The molecule has 172 valence electrons. The maximum atomic E-state index is 12.9. The number of amides is 1. The third-order valence-corrected chi connectivity index (χ3v) is 5.68. The van der Waals surface area contributed by atoms with E-state index in [0.717, 1.165) is 28.8 Å². The van der Waals surface area contributed by atoms with Gasteiger partial charge in [-0.1, -0.05) is 42.8 Å². The molecule has 3 aromatic heterocycles. The van der Waals surface area contributed by atoms with Crippen LogP contribution in [0.2, 0.25) is 5.02 Å². The molecule has 4 N–H and O–H groups in total. The van der Waals surface area contributed by atoms with Gasteiger partial charge in [-0.3, -0.25) is 14.2 Å². The van der Waals surface area contributed by atoms with Crippen molar-refractivity contribution < 1.29 is 4.79 Å². The number of fused-ring (bicyclic) bond motifs is 2. The molecule has 3 heterocycles. The van der Waals surface area contributed by atoms with E-state index in [9.17, 15) is 9.59 Å². The molecule has 0 unspecified atom stereocenters. The molecule has 0 radical (unpaired) electrons. The molecule has 5 rings (SSSR count). The number of benzene rings is 2. The molecule has 1 amide bonds. The zero-order valence-corrected chi connectivity index (χ0v) is 19.5. The highest BCUT2D eigenvalue weighted by Gasteiger charge is 2.15. The number of pyridine rings is 1. The van der Waals surface area contributed by atoms with Gasteiger partial charge in [-0.25, -0.2) is 9.50 Å². The molecular formula is C25H23ClN6O2. The molecule has 0 saturated heterocycles. The van der Waals surface area contributed by atoms with E-state index in [1.165, 1.54) is 4.52 Å². The van der Waals surface area contributed by atoms with Gasteiger partial charge in [-0.2, -0.15) is 0 Å². The predicted molar refractivity (Wildman–Crippen MR) is 135 cm³/mol. The molecule has 2 aromatic carbocycles. The number of hydrogen-bond donors (Lipinski definition) is 2. The third kappa shape index (κ3) is 4.23. The lowest BCUT2D eigenvalue weighted by atomic mass is 10.1. The second-order valence-electron chi connectivity index (χ2n) is 7.69. The number of nitrogens with zero attached hydrogens (tertiary/aromatic N) is 4. The van der Waals surface area contributed by atoms with Crippen molar-refractivity contribution in [3.8, 4) is 5.69 Å². The van der Waals surface area contributed by atoms with Crippen LogP contribution in [0.15, 0.2) is 71.8 Å². The highest BCUT2D eigenvalue weighted by Crippen LogP contribution is 2.23. The van der Waals surface area contributed by atoms with Crippen LogP contribution >= 0.6 is 11.6 Å². The van der Waals surface area contributed by atoms with Crippen LogP contribution in [0.25, 0.3) is 22.1 Å². The van der Waals surface area contributed by atoms with Gasteiger partial charge in [0, 0.05) is 23.8 Å². The van der Waals surface area contributed by atoms with Crippen molar-refractivity contribution in [1.82, 2.24) is 19.2 Å². The monoisotopic (exact) mass is 474 g/mol. The topological polar surface area (TPSA) is 121 Å². The van der Waals surface area contributed by atoms with Gasteiger partial charge in [0.05, 0.1) is 10.4 Å². The summed E-state index contributed by atoms with van der Waals surface area (Å²) in [5, 5.41) is 5.84. The minimum absolute atomic E-state index is 0.0550. The fourth-order valence-corrected chi connectivity index (χ4v) is 4.09. The highest BCUT2D eigenvalue weighted by molar-refractivity contribution is 6.35. The summed E-state index contributed by atoms with van der Waals surface area (Å²) < 4.78 is 3.18. The van der Waals surface area contributed by atoms with Crippen molar-refractivity contribution >= 4 is 39.7 Å². The van der Waals surface area contributed by atoms with E-state index < -0.39 is 5.91 Å². The van der Waals surface area contributed by atoms with Crippen LogP contribution in [0.1, 0.15) is 28.5 Å². The number of nitrogens with two attached hydrogens (primary N) is 2. The minimum Gasteiger partial charge on any atom is -0.381 e. The summed E-state index contributed by atoms with van der Waals surface area (Å²) in [6, 6.07) is 17.3. The van der Waals surface area contributed by atoms with Gasteiger partial charge in [0.2, 0.25) is 0 Å². The van der Waals surface area contributed by atoms with Crippen LogP contribution in [-0.4, -0.2) is 25.1 Å². The lowest BCUT2D eigenvalue weighted by molar-refractivity contribution is 0.100. The van der Waals surface area contributed by atoms with Crippen LogP contribution in [-0.2, 0) is 6.42 Å². The van der Waals surface area contributed by atoms with Crippen molar-refractivity contribution in [3.63, 3.8) is 0 Å². The standard InChI is InChI=1S/C18H16ClNO.C7H7N5O/c1-3-14-11-13-7-5-9-16(19)17(13)18(21)20(14)15-8-4-6-12(2)10-15;8-5-4(6(9)13)7-10-2-1-3-12(7)11-5/h4-11H,3H2,1-2H3;1-3H,(H2,8,11)(H2,9,13). The van der Waals surface area contributed by atoms with Crippen LogP contribution in [0.5, 0.6) is 0 Å². The zero-order valence-electron chi connectivity index (χ0n) is 18.7. The SMILES string of the molecule is CCc1cc2cccc(Cl)c2c(=O)n1-c1cccc(C)c1.NC(=O)c1c(N)nn2cccnc12. The van der Waals surface area contributed by atoms with Crippen LogP contribution in [0.3, 0.4) is 0 Å². The van der Waals surface area contributed by atoms with Gasteiger partial charge >= 0.3 is 0 Å². The smallest absolute Gasteiger partial charge is 0.264 e. The van der Waals surface area contributed by atoms with Gasteiger partial charge < -0.3 is 11.5 Å². The van der Waals surface area contributed by atoms with Crippen molar-refractivity contribution in [2.24, 2.45) is 5.73 Å². The number of aromatic nitrogens is 4. The number of halogens is 1. The number of carbonyl (C=O) groups is 1. The summed E-state index contributed by atoms with van der Waals surface area (Å²) in [5.41, 5.74) is 14.1. The number of carbonyl (C=O) groups excluding carboxylic acids is 1. The minimum atomic E-state index is -0.619. The van der Waals surface area contributed by atoms with Crippen LogP contribution < -0.4 is 17.0 Å². The summed E-state index contributed by atoms with van der Waals surface area (Å²) in [5.74, 6) is -0.516. The third-order valence-electron chi connectivity index (χ3n) is 5.36. The summed E-state index contributed by atoms with van der Waals surface area (Å²) in [4.78, 5) is 27.8. The molecule has 0 fully saturated rings. The van der Waals surface area contributed by atoms with Gasteiger partial charge in [-0.05, 0) is 54.6 Å². The quantitative estimate of drug-likeness (QED) is 0.410. The number of hydrogen-bond acceptors (Lipinski definition) is 5. The molecule has 0 aliphatic carbocycles. The van der Waals surface area contributed by atoms with Gasteiger partial charge in [-0.15, -0.1) is 5.10 Å². The molecule has 5 aromatic rings. The van der Waals surface area contributed by atoms with Crippen LogP contribution in [0.4, 0.5) is 5.82 Å². The normalized spacial score (nSPS) is 10.8. The number of aryl methyl sites for hydroxylation is 2. The second-order valence-corrected chi connectivity index (χ2v) is 8.09. The van der Waals surface area contributed by atoms with E-state index in [1.807, 2.05) is 49.4 Å². The van der Waals surface area contributed by atoms with Crippen molar-refractivity contribution in [1.29, 1.82) is 0 Å². The molecule has 9 heteroatoms. The van der Waals surface area contributed by atoms with Crippen molar-refractivity contribution in [3.05, 3.63) is 99.2 Å². The average Bonchev–Trinajstić information content (AvgIpc) is 3.15. The Kier molecular flexibility index (Phi) is 6.34. The predicted octanol–water partition coefficient (Wildman–Crippen LogP) is 3.93. The maximum Gasteiger partial charge on any atom is 0.264 e. The highest BCUT2D eigenvalue weighted by atomic mass is 35.5. The lowest BCUT2D eigenvalue weighted by Crippen LogP contribution is -2.22. The summed E-state index contributed by atoms with van der Waals surface area (Å²) in [7, 11) is 0. The lowest BCUT2D eigenvalue weighted by Gasteiger charge is -2.14. The summed E-state index contributed by atoms with van der Waals surface area (Å²) in [6.07, 6.45) is 3.97. The average molecular weight is 475 g/mol. The Balaban J connectivity index is 0.000000180. The first-order valence-electron chi connectivity index (χ1n) is 10.6. The molecule has 0 bridgehead atoms. The molecule has 0 aliphatic rings. The Hall–Kier alpha value is -4.17. The zero-order chi connectivity index (χ0) is 24.4. The van der Waals surface area contributed by atoms with Gasteiger partial charge in [0.1, 0.15) is 5.56 Å². The fraction of sp³-hybridized carbons (Fsp3) is 0.120. The number of primary amides is 1. The second kappa shape index (κ2) is 9.36. The Labute approximate surface area is 200 Å². The Morgan fingerprint density at radius 2 is 1.88 bits per heavy atom. The Morgan fingerprint density at radius 1 is 1.12 bits per heavy atom. The van der Waals surface area contributed by atoms with E-state index in [-0.39, 0.29) is 16.9 Å². The first kappa shape index (κ1) is 23.0. The molecule has 0 saturated carbocycles. The number of nitrogen functional groups attached to an aromatic ring is 1. The summed E-state index contributed by atoms with van der Waals surface area (Å²) in [6.45, 7) is 4.08. The summed E-state index contributed by atoms with van der Waals surface area (Å²) >= 11 is 6.24. The Morgan fingerprint density at radius 3 is 2.59 bits per heavy atom. The molecule has 0 atom stereocenters. The van der Waals surface area contributed by atoms with Crippen LogP contribution in [0, 0.1) is 6.92 Å². The van der Waals surface area contributed by atoms with E-state index in [4.69, 9.17) is 23.1 Å². The number of rotatable bonds is 3. The van der Waals surface area contributed by atoms with Gasteiger partial charge in [0.15, 0.2) is 11.5 Å².